The zero-order valence-corrected chi connectivity index (χ0v) is 15.5. The molecule has 2 N–H and O–H groups in total. The first-order chi connectivity index (χ1) is 11.9. The fourth-order valence-electron chi connectivity index (χ4n) is 2.60. The summed E-state index contributed by atoms with van der Waals surface area (Å²) < 4.78 is 0. The summed E-state index contributed by atoms with van der Waals surface area (Å²) >= 11 is 1.60. The van der Waals surface area contributed by atoms with E-state index in [9.17, 15) is 9.59 Å². The van der Waals surface area contributed by atoms with E-state index in [4.69, 9.17) is 5.11 Å². The summed E-state index contributed by atoms with van der Waals surface area (Å²) in [6.07, 6.45) is 0. The molecule has 1 aromatic heterocycles. The number of carboxylic acid groups (broad SMARTS) is 1. The van der Waals surface area contributed by atoms with Crippen LogP contribution < -0.4 is 5.32 Å². The lowest BCUT2D eigenvalue weighted by atomic mass is 10.0. The van der Waals surface area contributed by atoms with Gasteiger partial charge < -0.3 is 10.4 Å². The van der Waals surface area contributed by atoms with Crippen LogP contribution in [-0.2, 0) is 9.59 Å². The molecular weight excluding hydrogens is 336 g/mol. The molecule has 0 aliphatic rings. The molecule has 0 saturated carbocycles. The highest BCUT2D eigenvalue weighted by molar-refractivity contribution is 7.10. The molecule has 5 nitrogen and oxygen atoms in total. The van der Waals surface area contributed by atoms with Gasteiger partial charge in [0.1, 0.15) is 0 Å². The highest BCUT2D eigenvalue weighted by Crippen LogP contribution is 2.26. The minimum atomic E-state index is -0.858. The molecule has 134 valence electrons. The van der Waals surface area contributed by atoms with E-state index < -0.39 is 11.9 Å². The van der Waals surface area contributed by atoms with Gasteiger partial charge >= 0.3 is 5.97 Å². The Hall–Kier alpha value is -2.18. The van der Waals surface area contributed by atoms with Crippen LogP contribution >= 0.6 is 11.3 Å². The molecule has 0 spiro atoms. The van der Waals surface area contributed by atoms with Gasteiger partial charge in [-0.25, -0.2) is 0 Å². The topological polar surface area (TPSA) is 69.6 Å². The van der Waals surface area contributed by atoms with E-state index in [1.54, 1.807) is 30.2 Å². The lowest BCUT2D eigenvalue weighted by Gasteiger charge is -2.22. The normalized spacial score (nSPS) is 13.4. The highest BCUT2D eigenvalue weighted by atomic mass is 32.1. The summed E-state index contributed by atoms with van der Waals surface area (Å²) in [5.41, 5.74) is 2.20. The van der Waals surface area contributed by atoms with Crippen molar-refractivity contribution in [2.45, 2.75) is 19.9 Å². The Bertz CT molecular complexity index is 698. The molecule has 0 saturated heterocycles. The van der Waals surface area contributed by atoms with Crippen molar-refractivity contribution in [1.82, 2.24) is 10.2 Å². The number of nitrogens with zero attached hydrogens (tertiary/aromatic N) is 1. The fourth-order valence-corrected chi connectivity index (χ4v) is 3.40. The van der Waals surface area contributed by atoms with Crippen molar-refractivity contribution in [1.29, 1.82) is 0 Å². The maximum atomic E-state index is 12.5. The number of rotatable bonds is 8. The van der Waals surface area contributed by atoms with Gasteiger partial charge in [0, 0.05) is 11.4 Å². The number of hydrogen-bond acceptors (Lipinski definition) is 4. The first-order valence-electron chi connectivity index (χ1n) is 8.17. The number of carbonyl (C=O) groups is 2. The van der Waals surface area contributed by atoms with E-state index in [0.717, 1.165) is 10.4 Å². The predicted octanol–water partition coefficient (Wildman–Crippen LogP) is 2.91. The number of benzene rings is 1. The molecule has 2 rings (SSSR count). The second kappa shape index (κ2) is 8.78. The van der Waals surface area contributed by atoms with E-state index in [0.29, 0.717) is 6.54 Å². The van der Waals surface area contributed by atoms with Crippen molar-refractivity contribution < 1.29 is 14.7 Å². The zero-order chi connectivity index (χ0) is 18.4. The van der Waals surface area contributed by atoms with Crippen LogP contribution in [0.1, 0.15) is 29.0 Å². The Balaban J connectivity index is 2.05. The average Bonchev–Trinajstić information content (AvgIpc) is 3.07. The number of hydrogen-bond donors (Lipinski definition) is 2. The second-order valence-corrected chi connectivity index (χ2v) is 7.34. The molecule has 0 aliphatic heterocycles. The molecule has 0 radical (unpaired) electrons. The largest absolute Gasteiger partial charge is 0.481 e. The average molecular weight is 360 g/mol. The standard InChI is InChI=1S/C19H24N2O3S/c1-13-6-8-15(9-7-13)18(16-5-4-10-25-16)20-17(22)12-21(3)11-14(2)19(23)24/h4-10,14,18H,11-12H2,1-3H3,(H,20,22)(H,23,24). The summed E-state index contributed by atoms with van der Waals surface area (Å²) in [6.45, 7) is 4.15. The number of thiophene rings is 1. The number of aryl methyl sites for hydroxylation is 1. The summed E-state index contributed by atoms with van der Waals surface area (Å²) in [6, 6.07) is 11.9. The maximum absolute atomic E-state index is 12.5. The monoisotopic (exact) mass is 360 g/mol. The van der Waals surface area contributed by atoms with Gasteiger partial charge in [-0.1, -0.05) is 42.8 Å². The van der Waals surface area contributed by atoms with Crippen LogP contribution in [0.2, 0.25) is 0 Å². The van der Waals surface area contributed by atoms with Crippen molar-refractivity contribution in [3.63, 3.8) is 0 Å². The lowest BCUT2D eigenvalue weighted by molar-refractivity contribution is -0.142. The number of nitrogens with one attached hydrogen (secondary N) is 1. The fraction of sp³-hybridized carbons (Fsp3) is 0.368. The minimum absolute atomic E-state index is 0.126. The molecule has 1 aromatic carbocycles. The minimum Gasteiger partial charge on any atom is -0.481 e. The van der Waals surface area contributed by atoms with E-state index in [-0.39, 0.29) is 18.5 Å². The van der Waals surface area contributed by atoms with Crippen molar-refractivity contribution in [3.8, 4) is 0 Å². The highest BCUT2D eigenvalue weighted by Gasteiger charge is 2.20. The molecule has 0 bridgehead atoms. The lowest BCUT2D eigenvalue weighted by Crippen LogP contribution is -2.39. The molecule has 25 heavy (non-hydrogen) atoms. The van der Waals surface area contributed by atoms with Crippen LogP contribution in [0.3, 0.4) is 0 Å². The van der Waals surface area contributed by atoms with Crippen LogP contribution in [0.15, 0.2) is 41.8 Å². The number of aliphatic carboxylic acids is 1. The SMILES string of the molecule is Cc1ccc(C(NC(=O)CN(C)CC(C)C(=O)O)c2cccs2)cc1. The second-order valence-electron chi connectivity index (χ2n) is 6.36. The Morgan fingerprint density at radius 3 is 2.48 bits per heavy atom. The van der Waals surface area contributed by atoms with Gasteiger partial charge in [-0.05, 0) is 31.0 Å². The Labute approximate surface area is 152 Å². The quantitative estimate of drug-likeness (QED) is 0.759. The molecule has 6 heteroatoms. The molecule has 2 unspecified atom stereocenters. The summed E-state index contributed by atoms with van der Waals surface area (Å²) in [5, 5.41) is 14.0. The maximum Gasteiger partial charge on any atom is 0.307 e. The van der Waals surface area contributed by atoms with Crippen LogP contribution in [0, 0.1) is 12.8 Å². The van der Waals surface area contributed by atoms with E-state index in [1.807, 2.05) is 48.7 Å². The third-order valence-electron chi connectivity index (χ3n) is 3.96. The Kier molecular flexibility index (Phi) is 6.73. The van der Waals surface area contributed by atoms with Crippen molar-refractivity contribution >= 4 is 23.2 Å². The zero-order valence-electron chi connectivity index (χ0n) is 14.7. The van der Waals surface area contributed by atoms with E-state index in [1.165, 1.54) is 5.56 Å². The van der Waals surface area contributed by atoms with Gasteiger partial charge in [-0.3, -0.25) is 14.5 Å². The van der Waals surface area contributed by atoms with Crippen molar-refractivity contribution in [2.75, 3.05) is 20.1 Å². The molecule has 0 aliphatic carbocycles. The van der Waals surface area contributed by atoms with Crippen LogP contribution in [0.25, 0.3) is 0 Å². The molecule has 1 heterocycles. The van der Waals surface area contributed by atoms with Crippen molar-refractivity contribution in [3.05, 3.63) is 57.8 Å². The van der Waals surface area contributed by atoms with Gasteiger partial charge in [0.25, 0.3) is 0 Å². The number of carboxylic acids is 1. The molecule has 1 amide bonds. The third-order valence-corrected chi connectivity index (χ3v) is 4.90. The smallest absolute Gasteiger partial charge is 0.307 e. The molecule has 2 aromatic rings. The van der Waals surface area contributed by atoms with E-state index in [2.05, 4.69) is 5.32 Å². The van der Waals surface area contributed by atoms with Gasteiger partial charge in [-0.2, -0.15) is 0 Å². The van der Waals surface area contributed by atoms with Gasteiger partial charge in [-0.15, -0.1) is 11.3 Å². The van der Waals surface area contributed by atoms with Crippen LogP contribution in [-0.4, -0.2) is 42.0 Å². The molecule has 0 fully saturated rings. The van der Waals surface area contributed by atoms with E-state index >= 15 is 0 Å². The molecule has 2 atom stereocenters. The van der Waals surface area contributed by atoms with Crippen molar-refractivity contribution in [2.24, 2.45) is 5.92 Å². The number of amides is 1. The summed E-state index contributed by atoms with van der Waals surface area (Å²) in [4.78, 5) is 26.2. The predicted molar refractivity (Wildman–Crippen MR) is 99.8 cm³/mol. The summed E-state index contributed by atoms with van der Waals surface area (Å²) in [5.74, 6) is -1.49. The first-order valence-corrected chi connectivity index (χ1v) is 9.05. The Morgan fingerprint density at radius 1 is 1.24 bits per heavy atom. The van der Waals surface area contributed by atoms with Gasteiger partial charge in [0.05, 0.1) is 18.5 Å². The Morgan fingerprint density at radius 2 is 1.92 bits per heavy atom. The third kappa shape index (κ3) is 5.69. The number of likely N-dealkylation sites (N-methyl/N-ethyl adjacent to an activating group) is 1. The first kappa shape index (κ1) is 19.1. The van der Waals surface area contributed by atoms with Crippen LogP contribution in [0.5, 0.6) is 0 Å². The van der Waals surface area contributed by atoms with Crippen LogP contribution in [0.4, 0.5) is 0 Å². The van der Waals surface area contributed by atoms with Gasteiger partial charge in [0.2, 0.25) is 5.91 Å². The number of carbonyl (C=O) groups excluding carboxylic acids is 1. The molecular formula is C19H24N2O3S. The summed E-state index contributed by atoms with van der Waals surface area (Å²) in [7, 11) is 1.76. The van der Waals surface area contributed by atoms with Gasteiger partial charge in [0.15, 0.2) is 0 Å².